The molecule has 2 rings (SSSR count). The number of rotatable bonds is 3. The summed E-state index contributed by atoms with van der Waals surface area (Å²) in [7, 11) is 0. The minimum atomic E-state index is -0.374. The molecular weight excluding hydrogens is 278 g/mol. The van der Waals surface area contributed by atoms with Gasteiger partial charge in [0.2, 0.25) is 0 Å². The molecule has 100 valence electrons. The van der Waals surface area contributed by atoms with Crippen molar-refractivity contribution in [3.63, 3.8) is 0 Å². The second-order valence-corrected chi connectivity index (χ2v) is 4.24. The Morgan fingerprint density at radius 1 is 1.35 bits per heavy atom. The molecule has 0 saturated carbocycles. The van der Waals surface area contributed by atoms with Crippen molar-refractivity contribution in [3.05, 3.63) is 52.7 Å². The highest BCUT2D eigenvalue weighted by Crippen LogP contribution is 2.23. The summed E-state index contributed by atoms with van der Waals surface area (Å²) in [4.78, 5) is 16.0. The second kappa shape index (κ2) is 6.02. The molecule has 0 spiro atoms. The van der Waals surface area contributed by atoms with E-state index in [-0.39, 0.29) is 5.91 Å². The highest BCUT2D eigenvalue weighted by atomic mass is 35.5. The lowest BCUT2D eigenvalue weighted by Gasteiger charge is -2.08. The van der Waals surface area contributed by atoms with Gasteiger partial charge < -0.3 is 10.7 Å². The first-order valence-electron chi connectivity index (χ1n) is 5.57. The van der Waals surface area contributed by atoms with Gasteiger partial charge in [-0.2, -0.15) is 5.26 Å². The number of carbonyl (C=O) groups is 1. The number of benzene rings is 1. The number of nitrogens with zero attached hydrogens (tertiary/aromatic N) is 2. The predicted molar refractivity (Wildman–Crippen MR) is 76.2 cm³/mol. The van der Waals surface area contributed by atoms with Crippen LogP contribution >= 0.6 is 11.6 Å². The number of hydrazine groups is 1. The SMILES string of the molecule is N#Cc1ccc(Cl)c(NC(=O)c2ccnc(NN)c2)c1. The summed E-state index contributed by atoms with van der Waals surface area (Å²) < 4.78 is 0. The number of nitrogens with two attached hydrogens (primary N) is 1. The van der Waals surface area contributed by atoms with Crippen LogP contribution < -0.4 is 16.6 Å². The van der Waals surface area contributed by atoms with Gasteiger partial charge in [0.1, 0.15) is 5.82 Å². The lowest BCUT2D eigenvalue weighted by Crippen LogP contribution is -2.14. The van der Waals surface area contributed by atoms with Crippen LogP contribution in [0.2, 0.25) is 5.02 Å². The van der Waals surface area contributed by atoms with Gasteiger partial charge in [-0.3, -0.25) is 4.79 Å². The Bertz CT molecular complexity index is 695. The van der Waals surface area contributed by atoms with Gasteiger partial charge in [0.05, 0.1) is 22.3 Å². The summed E-state index contributed by atoms with van der Waals surface area (Å²) in [5.41, 5.74) is 3.50. The van der Waals surface area contributed by atoms with Crippen LogP contribution in [0.15, 0.2) is 36.5 Å². The van der Waals surface area contributed by atoms with Crippen molar-refractivity contribution < 1.29 is 4.79 Å². The van der Waals surface area contributed by atoms with Crippen LogP contribution in [0.4, 0.5) is 11.5 Å². The van der Waals surface area contributed by atoms with Gasteiger partial charge >= 0.3 is 0 Å². The number of nitriles is 1. The average Bonchev–Trinajstić information content (AvgIpc) is 2.49. The minimum absolute atomic E-state index is 0.351. The van der Waals surface area contributed by atoms with Crippen molar-refractivity contribution in [1.29, 1.82) is 5.26 Å². The first-order valence-corrected chi connectivity index (χ1v) is 5.95. The summed E-state index contributed by atoms with van der Waals surface area (Å²) in [6, 6.07) is 9.64. The predicted octanol–water partition coefficient (Wildman–Crippen LogP) is 2.14. The molecule has 4 N–H and O–H groups in total. The molecular formula is C13H10ClN5O. The van der Waals surface area contributed by atoms with Crippen LogP contribution in [0.1, 0.15) is 15.9 Å². The fraction of sp³-hybridized carbons (Fsp3) is 0. The highest BCUT2D eigenvalue weighted by molar-refractivity contribution is 6.34. The topological polar surface area (TPSA) is 104 Å². The molecule has 0 radical (unpaired) electrons. The van der Waals surface area contributed by atoms with E-state index in [1.54, 1.807) is 12.1 Å². The number of hydrogen-bond acceptors (Lipinski definition) is 5. The minimum Gasteiger partial charge on any atom is -0.321 e. The number of carbonyl (C=O) groups excluding carboxylic acids is 1. The Morgan fingerprint density at radius 2 is 2.15 bits per heavy atom. The van der Waals surface area contributed by atoms with Crippen molar-refractivity contribution >= 4 is 29.0 Å². The third kappa shape index (κ3) is 3.03. The second-order valence-electron chi connectivity index (χ2n) is 3.83. The largest absolute Gasteiger partial charge is 0.321 e. The van der Waals surface area contributed by atoms with Gasteiger partial charge in [-0.05, 0) is 30.3 Å². The Morgan fingerprint density at radius 3 is 2.85 bits per heavy atom. The van der Waals surface area contributed by atoms with Gasteiger partial charge in [0, 0.05) is 11.8 Å². The van der Waals surface area contributed by atoms with Crippen LogP contribution in [0, 0.1) is 11.3 Å². The van der Waals surface area contributed by atoms with Crippen LogP contribution in [-0.2, 0) is 0 Å². The van der Waals surface area contributed by atoms with E-state index in [4.69, 9.17) is 22.7 Å². The molecule has 7 heteroatoms. The van der Waals surface area contributed by atoms with Crippen molar-refractivity contribution in [3.8, 4) is 6.07 Å². The summed E-state index contributed by atoms with van der Waals surface area (Å²) >= 11 is 5.97. The fourth-order valence-corrected chi connectivity index (χ4v) is 1.70. The molecule has 0 aliphatic heterocycles. The molecule has 1 amide bonds. The maximum absolute atomic E-state index is 12.1. The smallest absolute Gasteiger partial charge is 0.255 e. The number of nitrogen functional groups attached to an aromatic ring is 1. The molecule has 1 heterocycles. The fourth-order valence-electron chi connectivity index (χ4n) is 1.54. The lowest BCUT2D eigenvalue weighted by molar-refractivity contribution is 0.102. The van der Waals surface area contributed by atoms with E-state index in [2.05, 4.69) is 15.7 Å². The maximum atomic E-state index is 12.1. The molecule has 0 unspecified atom stereocenters. The van der Waals surface area contributed by atoms with Crippen LogP contribution in [0.5, 0.6) is 0 Å². The molecule has 0 fully saturated rings. The van der Waals surface area contributed by atoms with Crippen LogP contribution in [0.25, 0.3) is 0 Å². The maximum Gasteiger partial charge on any atom is 0.255 e. The van der Waals surface area contributed by atoms with Crippen molar-refractivity contribution in [1.82, 2.24) is 4.98 Å². The number of nitrogens with one attached hydrogen (secondary N) is 2. The molecule has 0 bridgehead atoms. The van der Waals surface area contributed by atoms with Gasteiger partial charge in [0.15, 0.2) is 0 Å². The monoisotopic (exact) mass is 287 g/mol. The summed E-state index contributed by atoms with van der Waals surface area (Å²) in [6.07, 6.45) is 1.46. The van der Waals surface area contributed by atoms with Gasteiger partial charge in [-0.15, -0.1) is 0 Å². The first-order chi connectivity index (χ1) is 9.63. The number of anilines is 2. The zero-order valence-corrected chi connectivity index (χ0v) is 11.0. The van der Waals surface area contributed by atoms with Crippen LogP contribution in [-0.4, -0.2) is 10.9 Å². The van der Waals surface area contributed by atoms with E-state index in [0.29, 0.717) is 27.7 Å². The highest BCUT2D eigenvalue weighted by Gasteiger charge is 2.10. The molecule has 1 aromatic carbocycles. The molecule has 6 nitrogen and oxygen atoms in total. The summed E-state index contributed by atoms with van der Waals surface area (Å²) in [5.74, 6) is 5.23. The number of hydrogen-bond donors (Lipinski definition) is 3. The van der Waals surface area contributed by atoms with Crippen LogP contribution in [0.3, 0.4) is 0 Å². The van der Waals surface area contributed by atoms with Crippen molar-refractivity contribution in [2.75, 3.05) is 10.7 Å². The van der Waals surface area contributed by atoms with E-state index in [0.717, 1.165) is 0 Å². The number of halogens is 1. The van der Waals surface area contributed by atoms with E-state index in [9.17, 15) is 4.79 Å². The molecule has 0 aliphatic carbocycles. The van der Waals surface area contributed by atoms with E-state index < -0.39 is 0 Å². The zero-order valence-electron chi connectivity index (χ0n) is 10.2. The Kier molecular flexibility index (Phi) is 4.15. The summed E-state index contributed by atoms with van der Waals surface area (Å²) in [6.45, 7) is 0. The number of aromatic nitrogens is 1. The third-order valence-corrected chi connectivity index (χ3v) is 2.84. The van der Waals surface area contributed by atoms with Crippen molar-refractivity contribution in [2.45, 2.75) is 0 Å². The Hall–Kier alpha value is -2.62. The Balaban J connectivity index is 2.25. The molecule has 20 heavy (non-hydrogen) atoms. The van der Waals surface area contributed by atoms with E-state index in [1.165, 1.54) is 24.4 Å². The third-order valence-electron chi connectivity index (χ3n) is 2.51. The Labute approximate surface area is 120 Å². The standard InChI is InChI=1S/C13H10ClN5O/c14-10-2-1-8(7-15)5-11(10)18-13(20)9-3-4-17-12(6-9)19-16/h1-6H,16H2,(H,17,19)(H,18,20). The lowest BCUT2D eigenvalue weighted by atomic mass is 10.2. The van der Waals surface area contributed by atoms with Gasteiger partial charge in [0.25, 0.3) is 5.91 Å². The molecule has 0 atom stereocenters. The van der Waals surface area contributed by atoms with Crippen molar-refractivity contribution in [2.24, 2.45) is 5.84 Å². The summed E-state index contributed by atoms with van der Waals surface area (Å²) in [5, 5.41) is 11.8. The normalized spacial score (nSPS) is 9.65. The van der Waals surface area contributed by atoms with E-state index >= 15 is 0 Å². The van der Waals surface area contributed by atoms with E-state index in [1.807, 2.05) is 6.07 Å². The number of pyridine rings is 1. The molecule has 0 saturated heterocycles. The number of amides is 1. The molecule has 2 aromatic rings. The molecule has 1 aromatic heterocycles. The van der Waals surface area contributed by atoms with Gasteiger partial charge in [-0.1, -0.05) is 11.6 Å². The average molecular weight is 288 g/mol. The zero-order chi connectivity index (χ0) is 14.5. The first kappa shape index (κ1) is 13.8. The quantitative estimate of drug-likeness (QED) is 0.593. The van der Waals surface area contributed by atoms with Gasteiger partial charge in [-0.25, -0.2) is 10.8 Å². The molecule has 0 aliphatic rings.